The van der Waals surface area contributed by atoms with Gasteiger partial charge in [-0.3, -0.25) is 9.59 Å². The van der Waals surface area contributed by atoms with E-state index in [1.807, 2.05) is 6.92 Å². The van der Waals surface area contributed by atoms with Crippen LogP contribution < -0.4 is 10.1 Å². The fourth-order valence-corrected chi connectivity index (χ4v) is 2.67. The normalized spacial score (nSPS) is 13.9. The molecule has 1 saturated heterocycles. The van der Waals surface area contributed by atoms with Crippen molar-refractivity contribution in [1.29, 1.82) is 0 Å². The molecule has 1 heterocycles. The van der Waals surface area contributed by atoms with Crippen LogP contribution in [0.3, 0.4) is 0 Å². The van der Waals surface area contributed by atoms with Crippen LogP contribution in [-0.4, -0.2) is 36.4 Å². The molecule has 26 heavy (non-hydrogen) atoms. The van der Waals surface area contributed by atoms with Crippen LogP contribution in [0.5, 0.6) is 5.75 Å². The van der Waals surface area contributed by atoms with Crippen molar-refractivity contribution in [1.82, 2.24) is 4.90 Å². The average molecular weight is 360 g/mol. The van der Waals surface area contributed by atoms with E-state index in [2.05, 4.69) is 5.32 Å². The summed E-state index contributed by atoms with van der Waals surface area (Å²) in [6.45, 7) is 2.93. The molecule has 0 bridgehead atoms. The van der Waals surface area contributed by atoms with Gasteiger partial charge in [0.1, 0.15) is 5.75 Å². The van der Waals surface area contributed by atoms with Gasteiger partial charge < -0.3 is 15.0 Å². The molecule has 0 saturated carbocycles. The summed E-state index contributed by atoms with van der Waals surface area (Å²) in [5.74, 6) is -2.30. The maximum Gasteiger partial charge on any atom is 0.254 e. The molecule has 0 aromatic heterocycles. The van der Waals surface area contributed by atoms with Gasteiger partial charge in [0.05, 0.1) is 12.5 Å². The fraction of sp³-hybridized carbons (Fsp3) is 0.263. The molecule has 3 rings (SSSR count). The maximum atomic E-state index is 13.2. The van der Waals surface area contributed by atoms with Crippen LogP contribution in [0.15, 0.2) is 42.5 Å². The van der Waals surface area contributed by atoms with Crippen molar-refractivity contribution >= 4 is 17.5 Å². The minimum atomic E-state index is -1.07. The van der Waals surface area contributed by atoms with Crippen LogP contribution in [0.25, 0.3) is 0 Å². The number of hydrogen-bond acceptors (Lipinski definition) is 3. The summed E-state index contributed by atoms with van der Waals surface area (Å²) in [6, 6.07) is 10.0. The van der Waals surface area contributed by atoms with E-state index in [0.29, 0.717) is 12.3 Å². The number of anilines is 1. The van der Waals surface area contributed by atoms with E-state index in [1.165, 1.54) is 11.0 Å². The number of likely N-dealkylation sites (tertiary alicyclic amines) is 1. The van der Waals surface area contributed by atoms with Gasteiger partial charge in [-0.1, -0.05) is 0 Å². The lowest BCUT2D eigenvalue weighted by atomic mass is 9.97. The zero-order valence-corrected chi connectivity index (χ0v) is 14.2. The molecular weight excluding hydrogens is 342 g/mol. The number of halogens is 2. The summed E-state index contributed by atoms with van der Waals surface area (Å²) in [6.07, 6.45) is 0. The number of hydrogen-bond donors (Lipinski definition) is 1. The van der Waals surface area contributed by atoms with Crippen LogP contribution in [0.4, 0.5) is 14.5 Å². The topological polar surface area (TPSA) is 58.6 Å². The highest BCUT2D eigenvalue weighted by Gasteiger charge is 2.36. The molecule has 1 N–H and O–H groups in total. The van der Waals surface area contributed by atoms with E-state index in [9.17, 15) is 18.4 Å². The van der Waals surface area contributed by atoms with Crippen LogP contribution in [-0.2, 0) is 4.79 Å². The molecule has 0 unspecified atom stereocenters. The van der Waals surface area contributed by atoms with Crippen LogP contribution >= 0.6 is 0 Å². The zero-order valence-electron chi connectivity index (χ0n) is 14.2. The number of nitrogens with zero attached hydrogens (tertiary/aromatic N) is 1. The van der Waals surface area contributed by atoms with E-state index in [1.54, 1.807) is 24.3 Å². The number of carbonyl (C=O) groups excluding carboxylic acids is 2. The Morgan fingerprint density at radius 3 is 2.42 bits per heavy atom. The SMILES string of the molecule is CCOc1ccc(NC(=O)C2CN(C(=O)c3ccc(F)c(F)c3)C2)cc1. The Morgan fingerprint density at radius 1 is 1.12 bits per heavy atom. The van der Waals surface area contributed by atoms with Crippen molar-refractivity contribution in [3.8, 4) is 5.75 Å². The first-order chi connectivity index (χ1) is 12.5. The Kier molecular flexibility index (Phi) is 5.16. The number of carbonyl (C=O) groups is 2. The molecule has 2 aromatic carbocycles. The molecule has 1 fully saturated rings. The molecule has 1 aliphatic rings. The predicted octanol–water partition coefficient (Wildman–Crippen LogP) is 3.07. The molecule has 7 heteroatoms. The van der Waals surface area contributed by atoms with Crippen LogP contribution in [0, 0.1) is 17.6 Å². The van der Waals surface area contributed by atoms with Gasteiger partial charge in [0.15, 0.2) is 11.6 Å². The zero-order chi connectivity index (χ0) is 18.7. The van der Waals surface area contributed by atoms with Gasteiger partial charge in [-0.05, 0) is 49.4 Å². The quantitative estimate of drug-likeness (QED) is 0.892. The molecule has 0 atom stereocenters. The number of rotatable bonds is 5. The Bertz CT molecular complexity index is 818. The third kappa shape index (κ3) is 3.82. The van der Waals surface area contributed by atoms with Crippen molar-refractivity contribution in [3.05, 3.63) is 59.7 Å². The first-order valence-corrected chi connectivity index (χ1v) is 8.26. The molecule has 0 aliphatic carbocycles. The first kappa shape index (κ1) is 17.8. The van der Waals surface area contributed by atoms with Crippen molar-refractivity contribution in [2.45, 2.75) is 6.92 Å². The van der Waals surface area contributed by atoms with E-state index >= 15 is 0 Å². The highest BCUT2D eigenvalue weighted by Crippen LogP contribution is 2.22. The summed E-state index contributed by atoms with van der Waals surface area (Å²) in [5.41, 5.74) is 0.707. The first-order valence-electron chi connectivity index (χ1n) is 8.26. The lowest BCUT2D eigenvalue weighted by molar-refractivity contribution is -0.123. The average Bonchev–Trinajstić information content (AvgIpc) is 2.58. The minimum absolute atomic E-state index is 0.0641. The van der Waals surface area contributed by atoms with Gasteiger partial charge in [0.25, 0.3) is 5.91 Å². The smallest absolute Gasteiger partial charge is 0.254 e. The number of amides is 2. The maximum absolute atomic E-state index is 13.2. The monoisotopic (exact) mass is 360 g/mol. The van der Waals surface area contributed by atoms with Crippen molar-refractivity contribution in [2.24, 2.45) is 5.92 Å². The third-order valence-electron chi connectivity index (χ3n) is 4.14. The number of benzene rings is 2. The van der Waals surface area contributed by atoms with Gasteiger partial charge >= 0.3 is 0 Å². The lowest BCUT2D eigenvalue weighted by Gasteiger charge is -2.38. The standard InChI is InChI=1S/C19H18F2N2O3/c1-2-26-15-6-4-14(5-7-15)22-18(24)13-10-23(11-13)19(25)12-3-8-16(20)17(21)9-12/h3-9,13H,2,10-11H2,1H3,(H,22,24). The summed E-state index contributed by atoms with van der Waals surface area (Å²) in [5, 5.41) is 2.79. The summed E-state index contributed by atoms with van der Waals surface area (Å²) < 4.78 is 31.5. The molecule has 0 spiro atoms. The lowest BCUT2D eigenvalue weighted by Crippen LogP contribution is -2.54. The predicted molar refractivity (Wildman–Crippen MR) is 92.0 cm³/mol. The highest BCUT2D eigenvalue weighted by molar-refractivity contribution is 5.98. The second kappa shape index (κ2) is 7.51. The summed E-state index contributed by atoms with van der Waals surface area (Å²) in [7, 11) is 0. The molecule has 2 aromatic rings. The second-order valence-electron chi connectivity index (χ2n) is 5.98. The minimum Gasteiger partial charge on any atom is -0.494 e. The molecule has 2 amide bonds. The Morgan fingerprint density at radius 2 is 1.81 bits per heavy atom. The number of nitrogens with one attached hydrogen (secondary N) is 1. The van der Waals surface area contributed by atoms with E-state index < -0.39 is 17.5 Å². The molecule has 1 aliphatic heterocycles. The Hall–Kier alpha value is -2.96. The number of ether oxygens (including phenoxy) is 1. The fourth-order valence-electron chi connectivity index (χ4n) is 2.67. The molecule has 5 nitrogen and oxygen atoms in total. The summed E-state index contributed by atoms with van der Waals surface area (Å²) in [4.78, 5) is 25.9. The molecular formula is C19H18F2N2O3. The van der Waals surface area contributed by atoms with Gasteiger partial charge in [0, 0.05) is 24.3 Å². The Labute approximate surface area is 149 Å². The molecule has 0 radical (unpaired) electrons. The van der Waals surface area contributed by atoms with Gasteiger partial charge in [-0.15, -0.1) is 0 Å². The van der Waals surface area contributed by atoms with E-state index in [-0.39, 0.29) is 30.5 Å². The second-order valence-corrected chi connectivity index (χ2v) is 5.98. The van der Waals surface area contributed by atoms with E-state index in [4.69, 9.17) is 4.74 Å². The van der Waals surface area contributed by atoms with Gasteiger partial charge in [0.2, 0.25) is 5.91 Å². The Balaban J connectivity index is 1.53. The van der Waals surface area contributed by atoms with Crippen LogP contribution in [0.1, 0.15) is 17.3 Å². The van der Waals surface area contributed by atoms with Crippen molar-refractivity contribution in [3.63, 3.8) is 0 Å². The van der Waals surface area contributed by atoms with Crippen molar-refractivity contribution in [2.75, 3.05) is 25.0 Å². The van der Waals surface area contributed by atoms with Gasteiger partial charge in [-0.25, -0.2) is 8.78 Å². The largest absolute Gasteiger partial charge is 0.494 e. The van der Waals surface area contributed by atoms with Crippen molar-refractivity contribution < 1.29 is 23.1 Å². The highest BCUT2D eigenvalue weighted by atomic mass is 19.2. The van der Waals surface area contributed by atoms with Gasteiger partial charge in [-0.2, -0.15) is 0 Å². The van der Waals surface area contributed by atoms with E-state index in [0.717, 1.165) is 17.9 Å². The van der Waals surface area contributed by atoms with Crippen LogP contribution in [0.2, 0.25) is 0 Å². The third-order valence-corrected chi connectivity index (χ3v) is 4.14. The molecule has 136 valence electrons. The summed E-state index contributed by atoms with van der Waals surface area (Å²) >= 11 is 0.